The molecule has 0 aliphatic carbocycles. The van der Waals surface area contributed by atoms with Gasteiger partial charge < -0.3 is 20.0 Å². The summed E-state index contributed by atoms with van der Waals surface area (Å²) in [5.41, 5.74) is 2.58. The zero-order valence-electron chi connectivity index (χ0n) is 17.1. The van der Waals surface area contributed by atoms with Gasteiger partial charge in [-0.15, -0.1) is 0 Å². The Hall–Kier alpha value is -3.01. The van der Waals surface area contributed by atoms with Gasteiger partial charge in [0.15, 0.2) is 0 Å². The Morgan fingerprint density at radius 3 is 2.69 bits per heavy atom. The average Bonchev–Trinajstić information content (AvgIpc) is 3.14. The molecule has 2 aliphatic rings. The Morgan fingerprint density at radius 1 is 1.24 bits per heavy atom. The number of amides is 2. The van der Waals surface area contributed by atoms with Crippen molar-refractivity contribution in [3.05, 3.63) is 41.6 Å². The van der Waals surface area contributed by atoms with Gasteiger partial charge in [-0.25, -0.2) is 0 Å². The van der Waals surface area contributed by atoms with E-state index < -0.39 is 0 Å². The molecular weight excluding hydrogens is 366 g/mol. The van der Waals surface area contributed by atoms with Crippen molar-refractivity contribution in [1.82, 2.24) is 15.1 Å². The third-order valence-electron chi connectivity index (χ3n) is 5.42. The van der Waals surface area contributed by atoms with Gasteiger partial charge in [0.2, 0.25) is 5.91 Å². The van der Waals surface area contributed by atoms with Crippen LogP contribution in [-0.2, 0) is 9.59 Å². The van der Waals surface area contributed by atoms with Gasteiger partial charge in [-0.2, -0.15) is 5.26 Å². The van der Waals surface area contributed by atoms with Gasteiger partial charge in [-0.3, -0.25) is 9.59 Å². The maximum atomic E-state index is 12.3. The quantitative estimate of drug-likeness (QED) is 0.431. The highest BCUT2D eigenvalue weighted by molar-refractivity contribution is 5.97. The van der Waals surface area contributed by atoms with E-state index in [1.165, 1.54) is 11.3 Å². The van der Waals surface area contributed by atoms with Crippen molar-refractivity contribution in [1.29, 1.82) is 5.26 Å². The molecule has 2 aliphatic heterocycles. The summed E-state index contributed by atoms with van der Waals surface area (Å²) in [6.45, 7) is 7.25. The molecule has 0 bridgehead atoms. The number of hydrogen-bond donors (Lipinski definition) is 1. The maximum absolute atomic E-state index is 12.3. The Bertz CT molecular complexity index is 806. The molecule has 1 aromatic carbocycles. The lowest BCUT2D eigenvalue weighted by atomic mass is 10.2. The summed E-state index contributed by atoms with van der Waals surface area (Å²) in [6.07, 6.45) is 3.92. The normalized spacial score (nSPS) is 17.4. The SMILES string of the molecule is Cc1cccc(N2CCN(/C=C(/C#N)C(=O)NCCCN3CCCC3=O)CC2)c1. The van der Waals surface area contributed by atoms with E-state index >= 15 is 0 Å². The van der Waals surface area contributed by atoms with E-state index in [2.05, 4.69) is 41.4 Å². The minimum Gasteiger partial charge on any atom is -0.373 e. The van der Waals surface area contributed by atoms with Gasteiger partial charge in [-0.1, -0.05) is 12.1 Å². The van der Waals surface area contributed by atoms with Gasteiger partial charge >= 0.3 is 0 Å². The highest BCUT2D eigenvalue weighted by Crippen LogP contribution is 2.18. The summed E-state index contributed by atoms with van der Waals surface area (Å²) >= 11 is 0. The van der Waals surface area contributed by atoms with Crippen LogP contribution in [0.4, 0.5) is 5.69 Å². The average molecular weight is 396 g/mol. The molecule has 0 saturated carbocycles. The van der Waals surface area contributed by atoms with Gasteiger partial charge in [-0.05, 0) is 37.5 Å². The van der Waals surface area contributed by atoms with Crippen molar-refractivity contribution in [3.63, 3.8) is 0 Å². The number of nitriles is 1. The fraction of sp³-hybridized carbons (Fsp3) is 0.500. The van der Waals surface area contributed by atoms with Crippen LogP contribution in [0.3, 0.4) is 0 Å². The van der Waals surface area contributed by atoms with E-state index in [1.54, 1.807) is 6.20 Å². The zero-order valence-corrected chi connectivity index (χ0v) is 17.1. The molecule has 2 amide bonds. The van der Waals surface area contributed by atoms with E-state index in [0.717, 1.165) is 39.1 Å². The number of anilines is 1. The summed E-state index contributed by atoms with van der Waals surface area (Å²) in [5.74, 6) is -0.153. The van der Waals surface area contributed by atoms with Gasteiger partial charge in [0, 0.05) is 64.1 Å². The second-order valence-corrected chi connectivity index (χ2v) is 7.61. The fourth-order valence-electron chi connectivity index (χ4n) is 3.76. The smallest absolute Gasteiger partial charge is 0.263 e. The Kier molecular flexibility index (Phi) is 7.12. The highest BCUT2D eigenvalue weighted by Gasteiger charge is 2.20. The van der Waals surface area contributed by atoms with Crippen molar-refractivity contribution in [3.8, 4) is 6.07 Å². The Morgan fingerprint density at radius 2 is 2.03 bits per heavy atom. The molecule has 0 aromatic heterocycles. The number of carbonyl (C=O) groups excluding carboxylic acids is 2. The molecule has 2 saturated heterocycles. The van der Waals surface area contributed by atoms with Crippen molar-refractivity contribution >= 4 is 17.5 Å². The standard InChI is InChI=1S/C22H29N5O2/c1-18-5-2-6-20(15-18)26-13-11-25(12-14-26)17-19(16-23)22(29)24-8-4-10-27-9-3-7-21(27)28/h2,5-6,15,17H,3-4,7-14H2,1H3,(H,24,29)/b19-17-. The fourth-order valence-corrected chi connectivity index (χ4v) is 3.76. The van der Waals surface area contributed by atoms with Crippen LogP contribution in [0.25, 0.3) is 0 Å². The van der Waals surface area contributed by atoms with Crippen LogP contribution in [0.2, 0.25) is 0 Å². The van der Waals surface area contributed by atoms with E-state index in [9.17, 15) is 14.9 Å². The maximum Gasteiger partial charge on any atom is 0.263 e. The van der Waals surface area contributed by atoms with E-state index in [0.29, 0.717) is 25.9 Å². The van der Waals surface area contributed by atoms with Crippen LogP contribution < -0.4 is 10.2 Å². The lowest BCUT2D eigenvalue weighted by Crippen LogP contribution is -2.44. The number of nitrogens with one attached hydrogen (secondary N) is 1. The number of rotatable bonds is 7. The third kappa shape index (κ3) is 5.74. The van der Waals surface area contributed by atoms with Crippen molar-refractivity contribution < 1.29 is 9.59 Å². The molecule has 7 heteroatoms. The van der Waals surface area contributed by atoms with Crippen molar-refractivity contribution in [2.75, 3.05) is 50.7 Å². The molecule has 0 radical (unpaired) electrons. The van der Waals surface area contributed by atoms with E-state index in [4.69, 9.17) is 0 Å². The molecule has 29 heavy (non-hydrogen) atoms. The minimum absolute atomic E-state index is 0.131. The lowest BCUT2D eigenvalue weighted by molar-refractivity contribution is -0.127. The van der Waals surface area contributed by atoms with E-state index in [1.807, 2.05) is 15.9 Å². The number of nitrogens with zero attached hydrogens (tertiary/aromatic N) is 4. The third-order valence-corrected chi connectivity index (χ3v) is 5.42. The van der Waals surface area contributed by atoms with Crippen LogP contribution in [-0.4, -0.2) is 67.4 Å². The monoisotopic (exact) mass is 395 g/mol. The first kappa shape index (κ1) is 20.7. The zero-order chi connectivity index (χ0) is 20.6. The molecule has 1 aromatic rings. The molecular formula is C22H29N5O2. The highest BCUT2D eigenvalue weighted by atomic mass is 16.2. The molecule has 0 atom stereocenters. The molecule has 0 spiro atoms. The predicted molar refractivity (Wildman–Crippen MR) is 112 cm³/mol. The topological polar surface area (TPSA) is 79.7 Å². The van der Waals surface area contributed by atoms with Crippen LogP contribution in [0, 0.1) is 18.3 Å². The van der Waals surface area contributed by atoms with Crippen molar-refractivity contribution in [2.45, 2.75) is 26.2 Å². The summed E-state index contributed by atoms with van der Waals surface area (Å²) in [5, 5.41) is 12.2. The number of piperazine rings is 1. The number of hydrogen-bond acceptors (Lipinski definition) is 5. The first-order valence-electron chi connectivity index (χ1n) is 10.3. The minimum atomic E-state index is -0.346. The Balaban J connectivity index is 1.44. The number of likely N-dealkylation sites (tertiary alicyclic amines) is 1. The summed E-state index contributed by atoms with van der Waals surface area (Å²) in [6, 6.07) is 10.5. The van der Waals surface area contributed by atoms with Crippen LogP contribution in [0.15, 0.2) is 36.0 Å². The molecule has 0 unspecified atom stereocenters. The molecule has 2 heterocycles. The first-order chi connectivity index (χ1) is 14.1. The Labute approximate surface area is 172 Å². The van der Waals surface area contributed by atoms with Gasteiger partial charge in [0.1, 0.15) is 11.6 Å². The summed E-state index contributed by atoms with van der Waals surface area (Å²) < 4.78 is 0. The molecule has 7 nitrogen and oxygen atoms in total. The number of carbonyl (C=O) groups is 2. The van der Waals surface area contributed by atoms with Gasteiger partial charge in [0.25, 0.3) is 5.91 Å². The van der Waals surface area contributed by atoms with Crippen LogP contribution in [0.5, 0.6) is 0 Å². The second kappa shape index (κ2) is 9.97. The second-order valence-electron chi connectivity index (χ2n) is 7.61. The first-order valence-corrected chi connectivity index (χ1v) is 10.3. The van der Waals surface area contributed by atoms with Crippen LogP contribution >= 0.6 is 0 Å². The number of benzene rings is 1. The molecule has 2 fully saturated rings. The molecule has 3 rings (SSSR count). The predicted octanol–water partition coefficient (Wildman–Crippen LogP) is 1.65. The summed E-state index contributed by atoms with van der Waals surface area (Å²) in [4.78, 5) is 30.1. The van der Waals surface area contributed by atoms with Crippen LogP contribution in [0.1, 0.15) is 24.8 Å². The van der Waals surface area contributed by atoms with Crippen molar-refractivity contribution in [2.24, 2.45) is 0 Å². The largest absolute Gasteiger partial charge is 0.373 e. The number of aryl methyl sites for hydroxylation is 1. The molecule has 154 valence electrons. The summed E-state index contributed by atoms with van der Waals surface area (Å²) in [7, 11) is 0. The molecule has 1 N–H and O–H groups in total. The van der Waals surface area contributed by atoms with Gasteiger partial charge in [0.05, 0.1) is 0 Å². The lowest BCUT2D eigenvalue weighted by Gasteiger charge is -2.35. The van der Waals surface area contributed by atoms with E-state index in [-0.39, 0.29) is 17.4 Å².